The van der Waals surface area contributed by atoms with Gasteiger partial charge in [-0.15, -0.1) is 0 Å². The molecule has 1 aromatic carbocycles. The van der Waals surface area contributed by atoms with Gasteiger partial charge in [-0.3, -0.25) is 4.99 Å². The molecule has 5 heteroatoms. The molecule has 0 saturated carbocycles. The average Bonchev–Trinajstić information content (AvgIpc) is 2.40. The largest absolute Gasteiger partial charge is 0.508 e. The first-order chi connectivity index (χ1) is 9.97. The summed E-state index contributed by atoms with van der Waals surface area (Å²) in [4.78, 5) is 16.0. The third-order valence-electron chi connectivity index (χ3n) is 3.10. The number of hydrogen-bond donors (Lipinski definition) is 2. The molecule has 0 saturated heterocycles. The Balaban J connectivity index is 2.11. The van der Waals surface area contributed by atoms with Crippen LogP contribution in [0.2, 0.25) is 0 Å². The van der Waals surface area contributed by atoms with Crippen molar-refractivity contribution in [3.63, 3.8) is 0 Å². The molecule has 2 aromatic rings. The fourth-order valence-electron chi connectivity index (χ4n) is 2.02. The van der Waals surface area contributed by atoms with Gasteiger partial charge in [-0.2, -0.15) is 0 Å². The number of aliphatic imine (C=N–C) groups is 1. The number of aryl methyl sites for hydroxylation is 1. The van der Waals surface area contributed by atoms with Gasteiger partial charge in [0.15, 0.2) is 0 Å². The lowest BCUT2D eigenvalue weighted by molar-refractivity contribution is 0.432. The Bertz CT molecular complexity index is 714. The summed E-state index contributed by atoms with van der Waals surface area (Å²) in [5.41, 5.74) is 0.995. The van der Waals surface area contributed by atoms with Gasteiger partial charge in [0.25, 0.3) is 0 Å². The molecule has 0 bridgehead atoms. The molecule has 110 valence electrons. The van der Waals surface area contributed by atoms with Crippen molar-refractivity contribution in [3.05, 3.63) is 57.6 Å². The second-order valence-electron chi connectivity index (χ2n) is 4.79. The SMILES string of the molecule is CC(=NCCc1ccc(O)cc1)c1c(O)cc(C)oc1=O. The first-order valence-electron chi connectivity index (χ1n) is 6.60. The fraction of sp³-hybridized carbons (Fsp3) is 0.250. The van der Waals surface area contributed by atoms with Gasteiger partial charge < -0.3 is 14.6 Å². The molecule has 2 N–H and O–H groups in total. The molecule has 0 amide bonds. The Hall–Kier alpha value is -2.56. The number of aromatic hydroxyl groups is 2. The second kappa shape index (κ2) is 6.26. The van der Waals surface area contributed by atoms with Gasteiger partial charge in [0, 0.05) is 12.6 Å². The summed E-state index contributed by atoms with van der Waals surface area (Å²) in [6.45, 7) is 3.74. The van der Waals surface area contributed by atoms with Crippen LogP contribution in [0.5, 0.6) is 11.5 Å². The van der Waals surface area contributed by atoms with Crippen molar-refractivity contribution in [2.75, 3.05) is 6.54 Å². The van der Waals surface area contributed by atoms with Crippen molar-refractivity contribution < 1.29 is 14.6 Å². The molecule has 5 nitrogen and oxygen atoms in total. The van der Waals surface area contributed by atoms with Gasteiger partial charge in [-0.05, 0) is 38.0 Å². The van der Waals surface area contributed by atoms with Gasteiger partial charge >= 0.3 is 5.63 Å². The first kappa shape index (κ1) is 14.8. The molecular formula is C16H17NO4. The topological polar surface area (TPSA) is 83.0 Å². The van der Waals surface area contributed by atoms with Crippen molar-refractivity contribution in [2.45, 2.75) is 20.3 Å². The summed E-state index contributed by atoms with van der Waals surface area (Å²) in [6, 6.07) is 8.27. The van der Waals surface area contributed by atoms with Crippen molar-refractivity contribution in [2.24, 2.45) is 4.99 Å². The van der Waals surface area contributed by atoms with E-state index in [1.807, 2.05) is 12.1 Å². The molecule has 0 spiro atoms. The van der Waals surface area contributed by atoms with Crippen LogP contribution >= 0.6 is 0 Å². The molecule has 0 aliphatic carbocycles. The lowest BCUT2D eigenvalue weighted by atomic mass is 10.1. The number of rotatable bonds is 4. The summed E-state index contributed by atoms with van der Waals surface area (Å²) in [5.74, 6) is 0.466. The highest BCUT2D eigenvalue weighted by atomic mass is 16.4. The highest BCUT2D eigenvalue weighted by Gasteiger charge is 2.12. The number of nitrogens with zero attached hydrogens (tertiary/aromatic N) is 1. The zero-order chi connectivity index (χ0) is 15.4. The quantitative estimate of drug-likeness (QED) is 0.846. The highest BCUT2D eigenvalue weighted by molar-refractivity contribution is 6.00. The molecule has 0 fully saturated rings. The molecule has 0 radical (unpaired) electrons. The Morgan fingerprint density at radius 3 is 2.52 bits per heavy atom. The maximum absolute atomic E-state index is 11.7. The molecule has 0 unspecified atom stereocenters. The van der Waals surface area contributed by atoms with Crippen LogP contribution in [0.15, 0.2) is 44.5 Å². The van der Waals surface area contributed by atoms with Gasteiger partial charge in [0.05, 0.1) is 5.71 Å². The van der Waals surface area contributed by atoms with Gasteiger partial charge in [-0.25, -0.2) is 4.79 Å². The van der Waals surface area contributed by atoms with E-state index in [4.69, 9.17) is 4.42 Å². The molecule has 0 atom stereocenters. The van der Waals surface area contributed by atoms with Crippen LogP contribution in [0.3, 0.4) is 0 Å². The summed E-state index contributed by atoms with van der Waals surface area (Å²) < 4.78 is 4.96. The maximum atomic E-state index is 11.7. The van der Waals surface area contributed by atoms with Gasteiger partial charge in [0.1, 0.15) is 22.8 Å². The average molecular weight is 287 g/mol. The minimum absolute atomic E-state index is 0.103. The van der Waals surface area contributed by atoms with Crippen LogP contribution < -0.4 is 5.63 Å². The lowest BCUT2D eigenvalue weighted by Crippen LogP contribution is -2.13. The van der Waals surface area contributed by atoms with Crippen molar-refractivity contribution in [1.82, 2.24) is 0 Å². The van der Waals surface area contributed by atoms with E-state index in [1.165, 1.54) is 6.07 Å². The zero-order valence-corrected chi connectivity index (χ0v) is 12.0. The smallest absolute Gasteiger partial charge is 0.348 e. The van der Waals surface area contributed by atoms with Crippen molar-refractivity contribution in [3.8, 4) is 11.5 Å². The number of hydrogen-bond acceptors (Lipinski definition) is 5. The number of phenols is 1. The molecule has 0 aliphatic heterocycles. The lowest BCUT2D eigenvalue weighted by Gasteiger charge is -2.04. The van der Waals surface area contributed by atoms with E-state index in [0.29, 0.717) is 24.4 Å². The third kappa shape index (κ3) is 3.72. The minimum atomic E-state index is -0.585. The van der Waals surface area contributed by atoms with Crippen LogP contribution in [0.1, 0.15) is 23.8 Å². The Morgan fingerprint density at radius 2 is 1.90 bits per heavy atom. The molecule has 0 aliphatic rings. The van der Waals surface area contributed by atoms with E-state index in [1.54, 1.807) is 26.0 Å². The van der Waals surface area contributed by atoms with Crippen LogP contribution in [0.25, 0.3) is 0 Å². The Kier molecular flexibility index (Phi) is 4.42. The maximum Gasteiger partial charge on any atom is 0.348 e. The van der Waals surface area contributed by atoms with E-state index < -0.39 is 5.63 Å². The predicted octanol–water partition coefficient (Wildman–Crippen LogP) is 2.41. The van der Waals surface area contributed by atoms with E-state index in [2.05, 4.69) is 4.99 Å². The second-order valence-corrected chi connectivity index (χ2v) is 4.79. The molecular weight excluding hydrogens is 270 g/mol. The predicted molar refractivity (Wildman–Crippen MR) is 80.3 cm³/mol. The fourth-order valence-corrected chi connectivity index (χ4v) is 2.02. The highest BCUT2D eigenvalue weighted by Crippen LogP contribution is 2.15. The van der Waals surface area contributed by atoms with Gasteiger partial charge in [-0.1, -0.05) is 12.1 Å². The normalized spacial score (nSPS) is 11.6. The van der Waals surface area contributed by atoms with E-state index in [-0.39, 0.29) is 17.1 Å². The zero-order valence-electron chi connectivity index (χ0n) is 12.0. The van der Waals surface area contributed by atoms with Crippen LogP contribution in [-0.2, 0) is 6.42 Å². The van der Waals surface area contributed by atoms with E-state index in [9.17, 15) is 15.0 Å². The summed E-state index contributed by atoms with van der Waals surface area (Å²) in [7, 11) is 0. The molecule has 2 rings (SSSR count). The monoisotopic (exact) mass is 287 g/mol. The van der Waals surface area contributed by atoms with Crippen molar-refractivity contribution >= 4 is 5.71 Å². The summed E-state index contributed by atoms with van der Waals surface area (Å²) in [6.07, 6.45) is 0.676. The molecule has 1 heterocycles. The third-order valence-corrected chi connectivity index (χ3v) is 3.10. The number of phenolic OH excluding ortho intramolecular Hbond substituents is 1. The number of benzene rings is 1. The van der Waals surface area contributed by atoms with Crippen LogP contribution in [-0.4, -0.2) is 22.5 Å². The standard InChI is InChI=1S/C16H17NO4/c1-10-9-14(19)15(16(20)21-10)11(2)17-8-7-12-3-5-13(18)6-4-12/h3-6,9,18-19H,7-8H2,1-2H3. The Labute approximate surface area is 122 Å². The first-order valence-corrected chi connectivity index (χ1v) is 6.60. The van der Waals surface area contributed by atoms with Gasteiger partial charge in [0.2, 0.25) is 0 Å². The molecule has 1 aromatic heterocycles. The minimum Gasteiger partial charge on any atom is -0.508 e. The summed E-state index contributed by atoms with van der Waals surface area (Å²) in [5, 5.41) is 19.0. The Morgan fingerprint density at radius 1 is 1.24 bits per heavy atom. The van der Waals surface area contributed by atoms with Crippen LogP contribution in [0, 0.1) is 6.92 Å². The van der Waals surface area contributed by atoms with E-state index >= 15 is 0 Å². The summed E-state index contributed by atoms with van der Waals surface area (Å²) >= 11 is 0. The van der Waals surface area contributed by atoms with Crippen molar-refractivity contribution in [1.29, 1.82) is 0 Å². The molecule has 21 heavy (non-hydrogen) atoms. The van der Waals surface area contributed by atoms with Crippen LogP contribution in [0.4, 0.5) is 0 Å². The van der Waals surface area contributed by atoms with E-state index in [0.717, 1.165) is 5.56 Å².